The molecule has 5 nitrogen and oxygen atoms in total. The predicted octanol–water partition coefficient (Wildman–Crippen LogP) is 2.17. The second kappa shape index (κ2) is 5.80. The summed E-state index contributed by atoms with van der Waals surface area (Å²) in [5, 5.41) is 9.33. The van der Waals surface area contributed by atoms with Crippen molar-refractivity contribution in [3.8, 4) is 0 Å². The van der Waals surface area contributed by atoms with Crippen LogP contribution in [0.3, 0.4) is 0 Å². The van der Waals surface area contributed by atoms with E-state index in [2.05, 4.69) is 13.8 Å². The Bertz CT molecular complexity index is 355. The third-order valence-corrected chi connectivity index (χ3v) is 4.09. The second-order valence-corrected chi connectivity index (χ2v) is 5.88. The fourth-order valence-electron chi connectivity index (χ4n) is 2.83. The summed E-state index contributed by atoms with van der Waals surface area (Å²) in [4.78, 5) is 27.4. The Morgan fingerprint density at radius 2 is 2.00 bits per heavy atom. The normalized spacial score (nSPS) is 27.2. The van der Waals surface area contributed by atoms with Gasteiger partial charge in [-0.1, -0.05) is 13.8 Å². The van der Waals surface area contributed by atoms with Crippen molar-refractivity contribution in [2.45, 2.75) is 58.0 Å². The average Bonchev–Trinajstić information content (AvgIpc) is 3.19. The highest BCUT2D eigenvalue weighted by Crippen LogP contribution is 2.30. The summed E-state index contributed by atoms with van der Waals surface area (Å²) in [7, 11) is 0. The number of nitrogens with zero attached hydrogens (tertiary/aromatic N) is 2. The van der Waals surface area contributed by atoms with E-state index in [1.165, 1.54) is 0 Å². The molecule has 2 rings (SSSR count). The van der Waals surface area contributed by atoms with E-state index in [-0.39, 0.29) is 6.03 Å². The first-order valence-corrected chi connectivity index (χ1v) is 7.34. The molecule has 2 aliphatic rings. The molecule has 2 atom stereocenters. The molecule has 0 radical (unpaired) electrons. The van der Waals surface area contributed by atoms with Gasteiger partial charge in [0.25, 0.3) is 0 Å². The fourth-order valence-corrected chi connectivity index (χ4v) is 2.83. The molecule has 0 aromatic heterocycles. The Labute approximate surface area is 114 Å². The molecule has 0 spiro atoms. The third-order valence-electron chi connectivity index (χ3n) is 4.09. The van der Waals surface area contributed by atoms with Gasteiger partial charge in [-0.2, -0.15) is 0 Å². The quantitative estimate of drug-likeness (QED) is 0.850. The lowest BCUT2D eigenvalue weighted by molar-refractivity contribution is -0.144. The Hall–Kier alpha value is -1.26. The van der Waals surface area contributed by atoms with Crippen LogP contribution in [0.2, 0.25) is 0 Å². The number of rotatable bonds is 4. The predicted molar refractivity (Wildman–Crippen MR) is 71.9 cm³/mol. The van der Waals surface area contributed by atoms with E-state index in [4.69, 9.17) is 0 Å². The number of urea groups is 1. The average molecular weight is 268 g/mol. The standard InChI is InChI=1S/C14H24N2O3/c1-3-7-15(11-4-5-11)14(19)16-8-6-10(2)9-12(16)13(17)18/h10-12H,3-9H2,1-2H3,(H,17,18). The highest BCUT2D eigenvalue weighted by molar-refractivity contribution is 5.83. The van der Waals surface area contributed by atoms with E-state index in [9.17, 15) is 14.7 Å². The number of piperidine rings is 1. The van der Waals surface area contributed by atoms with Crippen LogP contribution in [0, 0.1) is 5.92 Å². The highest BCUT2D eigenvalue weighted by atomic mass is 16.4. The topological polar surface area (TPSA) is 60.9 Å². The molecular formula is C14H24N2O3. The molecular weight excluding hydrogens is 244 g/mol. The van der Waals surface area contributed by atoms with Crippen LogP contribution in [0.4, 0.5) is 4.79 Å². The van der Waals surface area contributed by atoms with E-state index in [1.807, 2.05) is 4.90 Å². The Kier molecular flexibility index (Phi) is 4.32. The van der Waals surface area contributed by atoms with Gasteiger partial charge in [0, 0.05) is 19.1 Å². The molecule has 108 valence electrons. The molecule has 0 aromatic rings. The van der Waals surface area contributed by atoms with Crippen LogP contribution in [0.25, 0.3) is 0 Å². The van der Waals surface area contributed by atoms with Crippen LogP contribution >= 0.6 is 0 Å². The molecule has 5 heteroatoms. The first kappa shape index (κ1) is 14.2. The minimum absolute atomic E-state index is 0.0661. The van der Waals surface area contributed by atoms with Gasteiger partial charge in [-0.3, -0.25) is 0 Å². The molecule has 0 bridgehead atoms. The van der Waals surface area contributed by atoms with Crippen LogP contribution < -0.4 is 0 Å². The van der Waals surface area contributed by atoms with Gasteiger partial charge in [0.15, 0.2) is 0 Å². The second-order valence-electron chi connectivity index (χ2n) is 5.88. The van der Waals surface area contributed by atoms with Crippen molar-refractivity contribution in [2.75, 3.05) is 13.1 Å². The number of hydrogen-bond donors (Lipinski definition) is 1. The van der Waals surface area contributed by atoms with Crippen LogP contribution in [0.5, 0.6) is 0 Å². The van der Waals surface area contributed by atoms with Crippen molar-refractivity contribution >= 4 is 12.0 Å². The van der Waals surface area contributed by atoms with Gasteiger partial charge in [0.05, 0.1) is 0 Å². The first-order chi connectivity index (χ1) is 9.04. The van der Waals surface area contributed by atoms with Crippen molar-refractivity contribution in [1.29, 1.82) is 0 Å². The summed E-state index contributed by atoms with van der Waals surface area (Å²) < 4.78 is 0. The van der Waals surface area contributed by atoms with Crippen LogP contribution in [0.15, 0.2) is 0 Å². The van der Waals surface area contributed by atoms with Crippen molar-refractivity contribution in [3.05, 3.63) is 0 Å². The monoisotopic (exact) mass is 268 g/mol. The Morgan fingerprint density at radius 3 is 2.53 bits per heavy atom. The number of amides is 2. The summed E-state index contributed by atoms with van der Waals surface area (Å²) in [6.07, 6.45) is 4.53. The van der Waals surface area contributed by atoms with Gasteiger partial charge in [0.1, 0.15) is 6.04 Å². The number of carboxylic acids is 1. The van der Waals surface area contributed by atoms with E-state index in [1.54, 1.807) is 4.90 Å². The molecule has 1 aliphatic heterocycles. The highest BCUT2D eigenvalue weighted by Gasteiger charge is 2.40. The summed E-state index contributed by atoms with van der Waals surface area (Å²) in [5.41, 5.74) is 0. The van der Waals surface area contributed by atoms with Crippen LogP contribution in [-0.4, -0.2) is 52.1 Å². The molecule has 2 amide bonds. The lowest BCUT2D eigenvalue weighted by Crippen LogP contribution is -2.55. The summed E-state index contributed by atoms with van der Waals surface area (Å²) in [6, 6.07) is -0.362. The smallest absolute Gasteiger partial charge is 0.326 e. The maximum absolute atomic E-state index is 12.6. The summed E-state index contributed by atoms with van der Waals surface area (Å²) in [5.74, 6) is -0.488. The SMILES string of the molecule is CCCN(C(=O)N1CCC(C)CC1C(=O)O)C1CC1. The molecule has 1 aliphatic carbocycles. The number of carbonyl (C=O) groups excluding carboxylic acids is 1. The first-order valence-electron chi connectivity index (χ1n) is 7.34. The largest absolute Gasteiger partial charge is 0.480 e. The van der Waals surface area contributed by atoms with Crippen LogP contribution in [0.1, 0.15) is 46.0 Å². The number of aliphatic carboxylic acids is 1. The van der Waals surface area contributed by atoms with E-state index in [0.29, 0.717) is 24.9 Å². The summed E-state index contributed by atoms with van der Waals surface area (Å²) >= 11 is 0. The maximum Gasteiger partial charge on any atom is 0.326 e. The number of hydrogen-bond acceptors (Lipinski definition) is 2. The molecule has 19 heavy (non-hydrogen) atoms. The molecule has 1 heterocycles. The van der Waals surface area contributed by atoms with Crippen molar-refractivity contribution in [3.63, 3.8) is 0 Å². The maximum atomic E-state index is 12.6. The number of carbonyl (C=O) groups is 2. The fraction of sp³-hybridized carbons (Fsp3) is 0.857. The van der Waals surface area contributed by atoms with Gasteiger partial charge >= 0.3 is 12.0 Å². The van der Waals surface area contributed by atoms with E-state index >= 15 is 0 Å². The van der Waals surface area contributed by atoms with Gasteiger partial charge in [-0.15, -0.1) is 0 Å². The molecule has 1 N–H and O–H groups in total. The molecule has 2 unspecified atom stereocenters. The lowest BCUT2D eigenvalue weighted by atomic mass is 9.92. The zero-order valence-electron chi connectivity index (χ0n) is 11.8. The van der Waals surface area contributed by atoms with Gasteiger partial charge in [-0.05, 0) is 38.0 Å². The minimum Gasteiger partial charge on any atom is -0.480 e. The van der Waals surface area contributed by atoms with Crippen LogP contribution in [-0.2, 0) is 4.79 Å². The number of likely N-dealkylation sites (tertiary alicyclic amines) is 1. The van der Waals surface area contributed by atoms with E-state index < -0.39 is 12.0 Å². The van der Waals surface area contributed by atoms with Gasteiger partial charge in [0.2, 0.25) is 0 Å². The Balaban J connectivity index is 2.08. The van der Waals surface area contributed by atoms with E-state index in [0.717, 1.165) is 32.2 Å². The Morgan fingerprint density at radius 1 is 1.32 bits per heavy atom. The summed E-state index contributed by atoms with van der Waals surface area (Å²) in [6.45, 7) is 5.42. The molecule has 1 saturated heterocycles. The van der Waals surface area contributed by atoms with Crippen molar-refractivity contribution < 1.29 is 14.7 Å². The molecule has 2 fully saturated rings. The van der Waals surface area contributed by atoms with Crippen molar-refractivity contribution in [2.24, 2.45) is 5.92 Å². The van der Waals surface area contributed by atoms with Gasteiger partial charge in [-0.25, -0.2) is 9.59 Å². The number of carboxylic acid groups (broad SMARTS) is 1. The zero-order valence-corrected chi connectivity index (χ0v) is 11.8. The minimum atomic E-state index is -0.868. The van der Waals surface area contributed by atoms with Gasteiger partial charge < -0.3 is 14.9 Å². The third kappa shape index (κ3) is 3.19. The molecule has 1 saturated carbocycles. The lowest BCUT2D eigenvalue weighted by Gasteiger charge is -2.39. The molecule has 0 aromatic carbocycles. The zero-order chi connectivity index (χ0) is 14.0. The van der Waals surface area contributed by atoms with Crippen molar-refractivity contribution in [1.82, 2.24) is 9.80 Å².